The third-order valence-electron chi connectivity index (χ3n) is 7.10. The van der Waals surface area contributed by atoms with Gasteiger partial charge in [-0.05, 0) is 77.3 Å². The van der Waals surface area contributed by atoms with Gasteiger partial charge >= 0.3 is 5.97 Å². The second-order valence-electron chi connectivity index (χ2n) is 9.58. The maximum atomic E-state index is 10.7. The molecule has 0 amide bonds. The Labute approximate surface area is 218 Å². The van der Waals surface area contributed by atoms with Crippen molar-refractivity contribution in [2.45, 2.75) is 44.1 Å². The minimum Gasteiger partial charge on any atom is -0.494 e. The molecule has 4 aromatic carbocycles. The Hall–Kier alpha value is -4.05. The molecule has 1 aliphatic rings. The van der Waals surface area contributed by atoms with Crippen LogP contribution in [0.25, 0.3) is 0 Å². The lowest BCUT2D eigenvalue weighted by Gasteiger charge is -2.35. The normalized spacial score (nSPS) is 16.5. The predicted molar refractivity (Wildman–Crippen MR) is 145 cm³/mol. The molecule has 0 spiro atoms. The molecule has 1 aliphatic carbocycles. The van der Waals surface area contributed by atoms with Crippen molar-refractivity contribution in [1.29, 1.82) is 0 Å². The van der Waals surface area contributed by atoms with Crippen molar-refractivity contribution in [2.24, 2.45) is 0 Å². The molecule has 188 valence electrons. The zero-order valence-electron chi connectivity index (χ0n) is 20.9. The van der Waals surface area contributed by atoms with Crippen LogP contribution < -0.4 is 9.47 Å². The molecule has 0 aromatic heterocycles. The molecule has 0 fully saturated rings. The summed E-state index contributed by atoms with van der Waals surface area (Å²) in [6.07, 6.45) is 2.69. The number of hydrogen-bond donors (Lipinski definition) is 1. The van der Waals surface area contributed by atoms with Gasteiger partial charge in [-0.2, -0.15) is 0 Å². The Bertz CT molecular complexity index is 1300. The highest BCUT2D eigenvalue weighted by Crippen LogP contribution is 2.47. The van der Waals surface area contributed by atoms with Crippen LogP contribution in [0.4, 0.5) is 0 Å². The van der Waals surface area contributed by atoms with Gasteiger partial charge in [0, 0.05) is 12.3 Å². The van der Waals surface area contributed by atoms with Crippen LogP contribution in [0.3, 0.4) is 0 Å². The highest BCUT2D eigenvalue weighted by molar-refractivity contribution is 5.66. The van der Waals surface area contributed by atoms with E-state index in [-0.39, 0.29) is 12.3 Å². The summed E-state index contributed by atoms with van der Waals surface area (Å²) in [4.78, 5) is 10.7. The van der Waals surface area contributed by atoms with E-state index in [0.717, 1.165) is 29.9 Å². The maximum Gasteiger partial charge on any atom is 0.303 e. The van der Waals surface area contributed by atoms with Gasteiger partial charge in [-0.25, -0.2) is 0 Å². The van der Waals surface area contributed by atoms with Crippen LogP contribution in [0, 0.1) is 0 Å². The van der Waals surface area contributed by atoms with Gasteiger partial charge in [0.2, 0.25) is 0 Å². The monoisotopic (exact) mass is 492 g/mol. The van der Waals surface area contributed by atoms with Gasteiger partial charge in [-0.15, -0.1) is 0 Å². The summed E-state index contributed by atoms with van der Waals surface area (Å²) < 4.78 is 11.9. The van der Waals surface area contributed by atoms with Crippen molar-refractivity contribution in [3.63, 3.8) is 0 Å². The van der Waals surface area contributed by atoms with Gasteiger partial charge in [0.05, 0.1) is 6.61 Å². The van der Waals surface area contributed by atoms with Gasteiger partial charge in [0.15, 0.2) is 0 Å². The summed E-state index contributed by atoms with van der Waals surface area (Å²) in [5, 5.41) is 8.83. The van der Waals surface area contributed by atoms with Crippen LogP contribution in [0.15, 0.2) is 103 Å². The van der Waals surface area contributed by atoms with E-state index >= 15 is 0 Å². The molecule has 0 unspecified atom stereocenters. The molecule has 1 N–H and O–H groups in total. The number of fused-ring (bicyclic) bond motifs is 1. The van der Waals surface area contributed by atoms with Crippen LogP contribution in [0.5, 0.6) is 11.5 Å². The summed E-state index contributed by atoms with van der Waals surface area (Å²) in [6, 6.07) is 35.9. The molecule has 0 saturated heterocycles. The third-order valence-corrected chi connectivity index (χ3v) is 7.10. The summed E-state index contributed by atoms with van der Waals surface area (Å²) >= 11 is 0. The van der Waals surface area contributed by atoms with E-state index < -0.39 is 5.97 Å². The molecule has 0 radical (unpaired) electrons. The van der Waals surface area contributed by atoms with Gasteiger partial charge in [-0.1, -0.05) is 78.9 Å². The zero-order chi connectivity index (χ0) is 25.5. The fourth-order valence-electron chi connectivity index (χ4n) is 5.28. The van der Waals surface area contributed by atoms with E-state index in [0.29, 0.717) is 25.6 Å². The molecule has 5 rings (SSSR count). The van der Waals surface area contributed by atoms with Crippen molar-refractivity contribution in [1.82, 2.24) is 0 Å². The van der Waals surface area contributed by atoms with E-state index in [4.69, 9.17) is 14.6 Å². The number of benzene rings is 4. The van der Waals surface area contributed by atoms with Gasteiger partial charge in [0.1, 0.15) is 18.1 Å². The quantitative estimate of drug-likeness (QED) is 0.235. The van der Waals surface area contributed by atoms with Gasteiger partial charge in [-0.3, -0.25) is 4.79 Å². The first-order valence-corrected chi connectivity index (χ1v) is 13.0. The van der Waals surface area contributed by atoms with Crippen LogP contribution >= 0.6 is 0 Å². The Kier molecular flexibility index (Phi) is 7.85. The lowest BCUT2D eigenvalue weighted by Crippen LogP contribution is -2.20. The number of aryl methyl sites for hydroxylation is 1. The summed E-state index contributed by atoms with van der Waals surface area (Å²) in [5.41, 5.74) is 6.47. The molecule has 37 heavy (non-hydrogen) atoms. The number of aliphatic carboxylic acids is 1. The molecular formula is C33H32O4. The first-order valence-electron chi connectivity index (χ1n) is 13.0. The SMILES string of the molecule is O=C(O)CCCOc1ccc([C@@H]2c3ccc(OCc4ccccc4)cc3CC[C@@H]2c2ccccc2)cc1. The highest BCUT2D eigenvalue weighted by Gasteiger charge is 2.32. The summed E-state index contributed by atoms with van der Waals surface area (Å²) in [7, 11) is 0. The predicted octanol–water partition coefficient (Wildman–Crippen LogP) is 7.37. The molecule has 0 heterocycles. The smallest absolute Gasteiger partial charge is 0.303 e. The van der Waals surface area contributed by atoms with Crippen molar-refractivity contribution in [3.8, 4) is 11.5 Å². The second-order valence-corrected chi connectivity index (χ2v) is 9.58. The fourth-order valence-corrected chi connectivity index (χ4v) is 5.28. The number of carboxylic acids is 1. The van der Waals surface area contributed by atoms with E-state index in [2.05, 4.69) is 72.8 Å². The topological polar surface area (TPSA) is 55.8 Å². The average molecular weight is 493 g/mol. The Morgan fingerprint density at radius 2 is 1.49 bits per heavy atom. The largest absolute Gasteiger partial charge is 0.494 e. The Morgan fingerprint density at radius 3 is 2.22 bits per heavy atom. The van der Waals surface area contributed by atoms with Crippen LogP contribution in [-0.2, 0) is 17.8 Å². The first kappa shape index (κ1) is 24.6. The van der Waals surface area contributed by atoms with Gasteiger partial charge < -0.3 is 14.6 Å². The molecule has 0 saturated carbocycles. The Morgan fingerprint density at radius 1 is 0.784 bits per heavy atom. The number of rotatable bonds is 10. The van der Waals surface area contributed by atoms with Crippen LogP contribution in [0.1, 0.15) is 58.9 Å². The van der Waals surface area contributed by atoms with Crippen LogP contribution in [-0.4, -0.2) is 17.7 Å². The van der Waals surface area contributed by atoms with E-state index in [1.165, 1.54) is 22.3 Å². The molecule has 2 atom stereocenters. The number of carbonyl (C=O) groups is 1. The van der Waals surface area contributed by atoms with Crippen molar-refractivity contribution in [3.05, 3.63) is 131 Å². The van der Waals surface area contributed by atoms with E-state index in [9.17, 15) is 4.79 Å². The van der Waals surface area contributed by atoms with E-state index in [1.54, 1.807) is 0 Å². The lowest BCUT2D eigenvalue weighted by molar-refractivity contribution is -0.137. The van der Waals surface area contributed by atoms with Crippen molar-refractivity contribution >= 4 is 5.97 Å². The fraction of sp³-hybridized carbons (Fsp3) is 0.242. The summed E-state index contributed by atoms with van der Waals surface area (Å²) in [5.74, 6) is 1.49. The molecule has 0 bridgehead atoms. The highest BCUT2D eigenvalue weighted by atomic mass is 16.5. The first-order chi connectivity index (χ1) is 18.2. The van der Waals surface area contributed by atoms with Crippen molar-refractivity contribution in [2.75, 3.05) is 6.61 Å². The lowest BCUT2D eigenvalue weighted by atomic mass is 9.69. The van der Waals surface area contributed by atoms with E-state index in [1.807, 2.05) is 30.3 Å². The van der Waals surface area contributed by atoms with Gasteiger partial charge in [0.25, 0.3) is 0 Å². The number of carboxylic acid groups (broad SMARTS) is 1. The molecule has 4 aromatic rings. The maximum absolute atomic E-state index is 10.7. The standard InChI is InChI=1S/C33H32O4/c34-32(35)12-7-21-36-28-16-13-26(14-17-28)33-30(25-10-5-2-6-11-25)19-15-27-22-29(18-20-31(27)33)37-23-24-8-3-1-4-9-24/h1-6,8-11,13-14,16-18,20,22,30,33H,7,12,15,19,21,23H2,(H,34,35)/t30-,33+/m1/s1. The van der Waals surface area contributed by atoms with Crippen molar-refractivity contribution < 1.29 is 19.4 Å². The molecule has 4 nitrogen and oxygen atoms in total. The minimum absolute atomic E-state index is 0.118. The van der Waals surface area contributed by atoms with Crippen LogP contribution in [0.2, 0.25) is 0 Å². The minimum atomic E-state index is -0.796. The zero-order valence-corrected chi connectivity index (χ0v) is 20.9. The summed E-state index contributed by atoms with van der Waals surface area (Å²) in [6.45, 7) is 0.958. The Balaban J connectivity index is 1.38. The second kappa shape index (κ2) is 11.8. The molecule has 4 heteroatoms. The molecule has 0 aliphatic heterocycles. The number of hydrogen-bond acceptors (Lipinski definition) is 3. The third kappa shape index (κ3) is 6.21. The number of ether oxygens (including phenoxy) is 2. The average Bonchev–Trinajstić information content (AvgIpc) is 2.95. The molecular weight excluding hydrogens is 460 g/mol.